The summed E-state index contributed by atoms with van der Waals surface area (Å²) in [7, 11) is 0. The van der Waals surface area contributed by atoms with Crippen LogP contribution in [-0.2, 0) is 9.53 Å². The van der Waals surface area contributed by atoms with Crippen molar-refractivity contribution in [2.75, 3.05) is 0 Å². The minimum absolute atomic E-state index is 0.525. The highest BCUT2D eigenvalue weighted by Crippen LogP contribution is 2.20. The van der Waals surface area contributed by atoms with Crippen LogP contribution in [-0.4, -0.2) is 21.6 Å². The predicted molar refractivity (Wildman–Crippen MR) is 31.1 cm³/mol. The van der Waals surface area contributed by atoms with Crippen molar-refractivity contribution in [3.63, 3.8) is 0 Å². The molecule has 0 saturated heterocycles. The zero-order valence-electron chi connectivity index (χ0n) is 4.24. The zero-order chi connectivity index (χ0) is 7.02. The van der Waals surface area contributed by atoms with E-state index in [4.69, 9.17) is 10.2 Å². The molecule has 1 rings (SSSR count). The molecular weight excluding hydrogens is 144 g/mol. The summed E-state index contributed by atoms with van der Waals surface area (Å²) in [6.07, 6.45) is 0. The van der Waals surface area contributed by atoms with Gasteiger partial charge in [-0.25, -0.2) is 4.79 Å². The van der Waals surface area contributed by atoms with Gasteiger partial charge in [0.15, 0.2) is 5.76 Å². The van der Waals surface area contributed by atoms with Crippen LogP contribution in [0.3, 0.4) is 0 Å². The van der Waals surface area contributed by atoms with Crippen molar-refractivity contribution >= 4 is 18.6 Å². The first-order valence-corrected chi connectivity index (χ1v) is 2.65. The van der Waals surface area contributed by atoms with Crippen LogP contribution < -0.4 is 0 Å². The normalized spacial score (nSPS) is 26.8. The van der Waals surface area contributed by atoms with E-state index in [9.17, 15) is 4.79 Å². The van der Waals surface area contributed by atoms with Gasteiger partial charge in [-0.3, -0.25) is 0 Å². The van der Waals surface area contributed by atoms with Crippen LogP contribution in [0.15, 0.2) is 11.5 Å². The number of hydrogen-bond acceptors (Lipinski definition) is 5. The van der Waals surface area contributed by atoms with Crippen LogP contribution in [0.5, 0.6) is 0 Å². The van der Waals surface area contributed by atoms with E-state index in [-0.39, 0.29) is 0 Å². The Balaban J connectivity index is 2.92. The quantitative estimate of drug-likeness (QED) is 0.337. The van der Waals surface area contributed by atoms with Crippen LogP contribution in [0.2, 0.25) is 0 Å². The van der Waals surface area contributed by atoms with Crippen molar-refractivity contribution in [3.8, 4) is 0 Å². The monoisotopic (exact) mass is 148 g/mol. The first-order valence-electron chi connectivity index (χ1n) is 2.14. The summed E-state index contributed by atoms with van der Waals surface area (Å²) in [5, 5.41) is 17.2. The lowest BCUT2D eigenvalue weighted by molar-refractivity contribution is -0.139. The number of aliphatic hydroxyl groups excluding tert-OH is 2. The summed E-state index contributed by atoms with van der Waals surface area (Å²) in [5.74, 6) is -2.22. The van der Waals surface area contributed by atoms with Gasteiger partial charge in [0.05, 0.1) is 0 Å². The molecule has 1 heterocycles. The van der Waals surface area contributed by atoms with Gasteiger partial charge < -0.3 is 14.9 Å². The first-order chi connectivity index (χ1) is 4.13. The number of aliphatic hydroxyl groups is 2. The molecule has 1 aliphatic rings. The van der Waals surface area contributed by atoms with E-state index in [1.807, 2.05) is 0 Å². The lowest BCUT2D eigenvalue weighted by atomic mass is 10.5. The van der Waals surface area contributed by atoms with Gasteiger partial charge in [-0.1, -0.05) is 0 Å². The summed E-state index contributed by atoms with van der Waals surface area (Å²) < 4.78 is 4.24. The van der Waals surface area contributed by atoms with E-state index in [0.717, 1.165) is 0 Å². The Morgan fingerprint density at radius 3 is 2.22 bits per heavy atom. The predicted octanol–water partition coefficient (Wildman–Crippen LogP) is 0.127. The van der Waals surface area contributed by atoms with E-state index in [0.29, 0.717) is 0 Å². The van der Waals surface area contributed by atoms with Gasteiger partial charge in [0.2, 0.25) is 11.2 Å². The number of cyclic esters (lactones) is 1. The zero-order valence-corrected chi connectivity index (χ0v) is 5.13. The number of carbonyl (C=O) groups excluding carboxylic acids is 1. The van der Waals surface area contributed by atoms with Gasteiger partial charge in [0.25, 0.3) is 0 Å². The molecule has 0 fully saturated rings. The molecule has 9 heavy (non-hydrogen) atoms. The summed E-state index contributed by atoms with van der Waals surface area (Å²) in [6.45, 7) is 0. The van der Waals surface area contributed by atoms with Crippen LogP contribution >= 0.6 is 12.6 Å². The van der Waals surface area contributed by atoms with Crippen molar-refractivity contribution in [1.29, 1.82) is 0 Å². The Labute approximate surface area is 56.2 Å². The molecule has 0 amide bonds. The Morgan fingerprint density at radius 2 is 2.11 bits per heavy atom. The highest BCUT2D eigenvalue weighted by Gasteiger charge is 2.31. The fraction of sp³-hybridized carbons (Fsp3) is 0.250. The molecule has 50 valence electrons. The second kappa shape index (κ2) is 1.84. The third-order valence-corrected chi connectivity index (χ3v) is 1.24. The average Bonchev–Trinajstić information content (AvgIpc) is 1.98. The standard InChI is InChI=1S/C4H4O4S/c5-1-2(6)4(9)8-3(1)7/h4-6,9H. The van der Waals surface area contributed by atoms with Crippen molar-refractivity contribution in [2.24, 2.45) is 0 Å². The van der Waals surface area contributed by atoms with Crippen LogP contribution in [0, 0.1) is 0 Å². The molecule has 0 spiro atoms. The molecule has 1 atom stereocenters. The molecule has 0 aromatic heterocycles. The maximum absolute atomic E-state index is 10.3. The van der Waals surface area contributed by atoms with E-state index in [1.54, 1.807) is 0 Å². The number of hydrogen-bond donors (Lipinski definition) is 3. The van der Waals surface area contributed by atoms with E-state index in [1.165, 1.54) is 0 Å². The number of carbonyl (C=O) groups is 1. The smallest absolute Gasteiger partial charge is 0.378 e. The summed E-state index contributed by atoms with van der Waals surface area (Å²) in [6, 6.07) is 0. The van der Waals surface area contributed by atoms with Gasteiger partial charge in [-0.05, 0) is 0 Å². The van der Waals surface area contributed by atoms with Gasteiger partial charge >= 0.3 is 5.97 Å². The third-order valence-electron chi connectivity index (χ3n) is 0.889. The van der Waals surface area contributed by atoms with Crippen molar-refractivity contribution in [2.45, 2.75) is 5.44 Å². The second-order valence-electron chi connectivity index (χ2n) is 1.49. The molecule has 5 heteroatoms. The lowest BCUT2D eigenvalue weighted by Crippen LogP contribution is -2.02. The Hall–Kier alpha value is -0.840. The third kappa shape index (κ3) is 0.829. The maximum Gasteiger partial charge on any atom is 0.378 e. The molecule has 0 aromatic carbocycles. The SMILES string of the molecule is O=C1OC(S)C(O)=C1O. The van der Waals surface area contributed by atoms with E-state index in [2.05, 4.69) is 17.4 Å². The molecule has 1 unspecified atom stereocenters. The summed E-state index contributed by atoms with van der Waals surface area (Å²) in [4.78, 5) is 10.3. The Morgan fingerprint density at radius 1 is 1.56 bits per heavy atom. The molecule has 0 bridgehead atoms. The lowest BCUT2D eigenvalue weighted by Gasteiger charge is -1.97. The average molecular weight is 148 g/mol. The number of rotatable bonds is 0. The topological polar surface area (TPSA) is 66.8 Å². The number of esters is 1. The highest BCUT2D eigenvalue weighted by molar-refractivity contribution is 7.81. The van der Waals surface area contributed by atoms with Gasteiger partial charge in [-0.2, -0.15) is 0 Å². The molecule has 0 saturated carbocycles. The fourth-order valence-corrected chi connectivity index (χ4v) is 0.653. The molecule has 0 radical (unpaired) electrons. The van der Waals surface area contributed by atoms with Crippen LogP contribution in [0.25, 0.3) is 0 Å². The maximum atomic E-state index is 10.3. The van der Waals surface area contributed by atoms with Crippen LogP contribution in [0.4, 0.5) is 0 Å². The Bertz CT molecular complexity index is 185. The van der Waals surface area contributed by atoms with E-state index >= 15 is 0 Å². The molecule has 2 N–H and O–H groups in total. The second-order valence-corrected chi connectivity index (χ2v) is 1.96. The van der Waals surface area contributed by atoms with Gasteiger partial charge in [-0.15, -0.1) is 12.6 Å². The van der Waals surface area contributed by atoms with Crippen molar-refractivity contribution in [3.05, 3.63) is 11.5 Å². The van der Waals surface area contributed by atoms with Crippen LogP contribution in [0.1, 0.15) is 0 Å². The largest absolute Gasteiger partial charge is 0.504 e. The molecule has 0 aliphatic carbocycles. The number of ether oxygens (including phenoxy) is 1. The Kier molecular flexibility index (Phi) is 1.28. The number of thiol groups is 1. The molecular formula is C4H4O4S. The molecule has 4 nitrogen and oxygen atoms in total. The van der Waals surface area contributed by atoms with Gasteiger partial charge in [0, 0.05) is 0 Å². The minimum Gasteiger partial charge on any atom is -0.504 e. The summed E-state index contributed by atoms with van der Waals surface area (Å²) >= 11 is 3.60. The van der Waals surface area contributed by atoms with Crippen molar-refractivity contribution < 1.29 is 19.7 Å². The molecule has 1 aliphatic heterocycles. The van der Waals surface area contributed by atoms with Crippen molar-refractivity contribution in [1.82, 2.24) is 0 Å². The first kappa shape index (κ1) is 6.28. The minimum atomic E-state index is -1.00. The summed E-state index contributed by atoms with van der Waals surface area (Å²) in [5.41, 5.74) is -1.00. The fourth-order valence-electron chi connectivity index (χ4n) is 0.435. The van der Waals surface area contributed by atoms with E-state index < -0.39 is 22.9 Å². The van der Waals surface area contributed by atoms with Gasteiger partial charge in [0.1, 0.15) is 0 Å². The molecule has 0 aromatic rings. The highest BCUT2D eigenvalue weighted by atomic mass is 32.1.